The number of anilines is 1. The number of rotatable bonds is 6. The molecule has 1 fully saturated rings. The largest absolute Gasteiger partial charge is 0.496 e. The van der Waals surface area contributed by atoms with Crippen molar-refractivity contribution in [2.75, 3.05) is 45.2 Å². The van der Waals surface area contributed by atoms with Gasteiger partial charge in [-0.2, -0.15) is 0 Å². The Kier molecular flexibility index (Phi) is 6.85. The summed E-state index contributed by atoms with van der Waals surface area (Å²) in [5.74, 6) is 2.72. The van der Waals surface area contributed by atoms with E-state index in [1.807, 2.05) is 41.5 Å². The van der Waals surface area contributed by atoms with Crippen LogP contribution in [0, 0.1) is 0 Å². The van der Waals surface area contributed by atoms with Gasteiger partial charge in [0.05, 0.1) is 21.3 Å². The molecule has 3 rings (SSSR count). The summed E-state index contributed by atoms with van der Waals surface area (Å²) in [6, 6.07) is 11.4. The number of methoxy groups -OCH3 is 3. The Morgan fingerprint density at radius 2 is 1.82 bits per heavy atom. The van der Waals surface area contributed by atoms with Crippen molar-refractivity contribution in [3.63, 3.8) is 0 Å². The van der Waals surface area contributed by atoms with Gasteiger partial charge in [0.1, 0.15) is 11.1 Å². The summed E-state index contributed by atoms with van der Waals surface area (Å²) in [7, 11) is 4.80. The van der Waals surface area contributed by atoms with Gasteiger partial charge in [-0.15, -0.1) is 23.5 Å². The van der Waals surface area contributed by atoms with Crippen LogP contribution in [0.4, 0.5) is 10.5 Å². The number of ether oxygens (including phenoxy) is 3. The van der Waals surface area contributed by atoms with Gasteiger partial charge in [0, 0.05) is 34.5 Å². The monoisotopic (exact) mass is 420 g/mol. The average Bonchev–Trinajstić information content (AvgIpc) is 3.22. The lowest BCUT2D eigenvalue weighted by atomic mass is 10.1. The van der Waals surface area contributed by atoms with Crippen LogP contribution in [0.2, 0.25) is 0 Å². The first-order chi connectivity index (χ1) is 13.6. The SMILES string of the molecule is COc1cc(OC)c(C2SCCN2C(=O)Nc2cccc(SC)c2)cc1OC. The maximum Gasteiger partial charge on any atom is 0.323 e. The second kappa shape index (κ2) is 9.34. The smallest absolute Gasteiger partial charge is 0.323 e. The maximum atomic E-state index is 13.0. The highest BCUT2D eigenvalue weighted by Crippen LogP contribution is 2.46. The van der Waals surface area contributed by atoms with E-state index in [-0.39, 0.29) is 11.4 Å². The van der Waals surface area contributed by atoms with Crippen molar-refractivity contribution in [2.45, 2.75) is 10.3 Å². The summed E-state index contributed by atoms with van der Waals surface area (Å²) < 4.78 is 16.4. The van der Waals surface area contributed by atoms with Crippen LogP contribution < -0.4 is 19.5 Å². The molecule has 0 bridgehead atoms. The van der Waals surface area contributed by atoms with E-state index < -0.39 is 0 Å². The Balaban J connectivity index is 1.87. The van der Waals surface area contributed by atoms with Crippen LogP contribution in [0.3, 0.4) is 0 Å². The zero-order valence-electron chi connectivity index (χ0n) is 16.4. The Morgan fingerprint density at radius 1 is 1.11 bits per heavy atom. The molecule has 1 aliphatic heterocycles. The first-order valence-electron chi connectivity index (χ1n) is 8.74. The lowest BCUT2D eigenvalue weighted by molar-refractivity contribution is 0.213. The summed E-state index contributed by atoms with van der Waals surface area (Å²) in [4.78, 5) is 15.9. The molecule has 2 aromatic rings. The standard InChI is InChI=1S/C20H24N2O4S2/c1-24-16-12-18(26-3)17(25-2)11-15(16)19-22(8-9-28-19)20(23)21-13-6-5-7-14(10-13)27-4/h5-7,10-12,19H,8-9H2,1-4H3,(H,21,23). The van der Waals surface area contributed by atoms with E-state index in [0.29, 0.717) is 23.8 Å². The number of nitrogens with one attached hydrogen (secondary N) is 1. The third-order valence-electron chi connectivity index (χ3n) is 4.47. The van der Waals surface area contributed by atoms with Gasteiger partial charge in [0.15, 0.2) is 11.5 Å². The molecule has 1 aliphatic rings. The highest BCUT2D eigenvalue weighted by Gasteiger charge is 2.33. The molecule has 2 aromatic carbocycles. The van der Waals surface area contributed by atoms with E-state index in [9.17, 15) is 4.79 Å². The number of amides is 2. The van der Waals surface area contributed by atoms with Crippen LogP contribution in [0.1, 0.15) is 10.9 Å². The van der Waals surface area contributed by atoms with E-state index in [2.05, 4.69) is 5.32 Å². The molecule has 1 unspecified atom stereocenters. The fourth-order valence-corrected chi connectivity index (χ4v) is 4.81. The number of carbonyl (C=O) groups is 1. The van der Waals surface area contributed by atoms with Crippen LogP contribution in [0.5, 0.6) is 17.2 Å². The molecular formula is C20H24N2O4S2. The molecule has 1 heterocycles. The molecule has 0 aromatic heterocycles. The molecular weight excluding hydrogens is 396 g/mol. The van der Waals surface area contributed by atoms with Crippen molar-refractivity contribution in [1.82, 2.24) is 4.90 Å². The Hall–Kier alpha value is -2.19. The van der Waals surface area contributed by atoms with Crippen molar-refractivity contribution in [3.05, 3.63) is 42.0 Å². The fraction of sp³-hybridized carbons (Fsp3) is 0.350. The van der Waals surface area contributed by atoms with E-state index in [1.54, 1.807) is 50.9 Å². The molecule has 1 atom stereocenters. The van der Waals surface area contributed by atoms with Gasteiger partial charge in [-0.25, -0.2) is 4.79 Å². The van der Waals surface area contributed by atoms with Crippen molar-refractivity contribution < 1.29 is 19.0 Å². The average molecular weight is 421 g/mol. The van der Waals surface area contributed by atoms with Crippen LogP contribution in [-0.4, -0.2) is 50.8 Å². The van der Waals surface area contributed by atoms with Crippen LogP contribution in [-0.2, 0) is 0 Å². The van der Waals surface area contributed by atoms with Gasteiger partial charge in [-0.1, -0.05) is 6.07 Å². The molecule has 8 heteroatoms. The number of urea groups is 1. The van der Waals surface area contributed by atoms with Crippen molar-refractivity contribution in [2.24, 2.45) is 0 Å². The number of hydrogen-bond donors (Lipinski definition) is 1. The number of hydrogen-bond acceptors (Lipinski definition) is 6. The second-order valence-corrected chi connectivity index (χ2v) is 8.10. The van der Waals surface area contributed by atoms with E-state index in [0.717, 1.165) is 21.9 Å². The molecule has 1 N–H and O–H groups in total. The van der Waals surface area contributed by atoms with E-state index in [4.69, 9.17) is 14.2 Å². The third kappa shape index (κ3) is 4.28. The van der Waals surface area contributed by atoms with Crippen LogP contribution in [0.15, 0.2) is 41.3 Å². The minimum atomic E-state index is -0.168. The van der Waals surface area contributed by atoms with Gasteiger partial charge in [0.25, 0.3) is 0 Å². The number of nitrogens with zero attached hydrogens (tertiary/aromatic N) is 1. The first-order valence-corrected chi connectivity index (χ1v) is 11.0. The van der Waals surface area contributed by atoms with Gasteiger partial charge in [0.2, 0.25) is 0 Å². The molecule has 6 nitrogen and oxygen atoms in total. The molecule has 150 valence electrons. The normalized spacial score (nSPS) is 16.0. The number of thioether (sulfide) groups is 2. The molecule has 0 saturated carbocycles. The van der Waals surface area contributed by atoms with Crippen LogP contribution >= 0.6 is 23.5 Å². The quantitative estimate of drug-likeness (QED) is 0.683. The van der Waals surface area contributed by atoms with Gasteiger partial charge >= 0.3 is 6.03 Å². The second-order valence-electron chi connectivity index (χ2n) is 6.03. The zero-order valence-corrected chi connectivity index (χ0v) is 18.0. The summed E-state index contributed by atoms with van der Waals surface area (Å²) in [6.45, 7) is 0.654. The zero-order chi connectivity index (χ0) is 20.1. The first kappa shape index (κ1) is 20.5. The molecule has 0 aliphatic carbocycles. The lowest BCUT2D eigenvalue weighted by Crippen LogP contribution is -2.34. The van der Waals surface area contributed by atoms with Crippen LogP contribution in [0.25, 0.3) is 0 Å². The van der Waals surface area contributed by atoms with Crippen molar-refractivity contribution in [1.29, 1.82) is 0 Å². The minimum absolute atomic E-state index is 0.134. The topological polar surface area (TPSA) is 60.0 Å². The predicted molar refractivity (Wildman–Crippen MR) is 115 cm³/mol. The molecule has 2 amide bonds. The highest BCUT2D eigenvalue weighted by atomic mass is 32.2. The fourth-order valence-electron chi connectivity index (χ4n) is 3.08. The maximum absolute atomic E-state index is 13.0. The van der Waals surface area contributed by atoms with E-state index in [1.165, 1.54) is 0 Å². The molecule has 28 heavy (non-hydrogen) atoms. The Labute approximate surface area is 173 Å². The van der Waals surface area contributed by atoms with Gasteiger partial charge in [-0.05, 0) is 30.5 Å². The number of carbonyl (C=O) groups excluding carboxylic acids is 1. The third-order valence-corrected chi connectivity index (χ3v) is 6.44. The summed E-state index contributed by atoms with van der Waals surface area (Å²) in [5, 5.41) is 2.84. The molecule has 0 radical (unpaired) electrons. The van der Waals surface area contributed by atoms with Crippen molar-refractivity contribution >= 4 is 35.2 Å². The van der Waals surface area contributed by atoms with E-state index >= 15 is 0 Å². The number of benzene rings is 2. The predicted octanol–water partition coefficient (Wildman–Crippen LogP) is 4.71. The molecule has 1 saturated heterocycles. The summed E-state index contributed by atoms with van der Waals surface area (Å²) >= 11 is 3.34. The van der Waals surface area contributed by atoms with Crippen molar-refractivity contribution in [3.8, 4) is 17.2 Å². The highest BCUT2D eigenvalue weighted by molar-refractivity contribution is 7.99. The van der Waals surface area contributed by atoms with Gasteiger partial charge < -0.3 is 24.4 Å². The summed E-state index contributed by atoms with van der Waals surface area (Å²) in [5.41, 5.74) is 1.67. The minimum Gasteiger partial charge on any atom is -0.496 e. The van der Waals surface area contributed by atoms with Gasteiger partial charge in [-0.3, -0.25) is 0 Å². The molecule has 0 spiro atoms. The lowest BCUT2D eigenvalue weighted by Gasteiger charge is -2.26. The summed E-state index contributed by atoms with van der Waals surface area (Å²) in [6.07, 6.45) is 2.01. The Morgan fingerprint density at radius 3 is 2.50 bits per heavy atom. The Bertz CT molecular complexity index is 847.